The van der Waals surface area contributed by atoms with E-state index in [-0.39, 0.29) is 21.5 Å². The fraction of sp³-hybridized carbons (Fsp3) is 0. The quantitative estimate of drug-likeness (QED) is 0.564. The molecule has 21 heavy (non-hydrogen) atoms. The van der Waals surface area contributed by atoms with E-state index in [9.17, 15) is 4.79 Å². The van der Waals surface area contributed by atoms with Gasteiger partial charge in [0.25, 0.3) is 0 Å². The normalized spacial score (nSPS) is 10.8. The van der Waals surface area contributed by atoms with Gasteiger partial charge in [-0.25, -0.2) is 0 Å². The lowest BCUT2D eigenvalue weighted by Gasteiger charge is -2.08. The molecule has 0 aliphatic rings. The highest BCUT2D eigenvalue weighted by Crippen LogP contribution is 2.30. The van der Waals surface area contributed by atoms with Crippen LogP contribution >= 0.6 is 23.2 Å². The number of halogens is 2. The average Bonchev–Trinajstić information content (AvgIpc) is 2.51. The van der Waals surface area contributed by atoms with Gasteiger partial charge in [0.2, 0.25) is 0 Å². The van der Waals surface area contributed by atoms with Gasteiger partial charge in [-0.2, -0.15) is 0 Å². The molecule has 0 bridgehead atoms. The van der Waals surface area contributed by atoms with E-state index in [4.69, 9.17) is 28.9 Å². The minimum absolute atomic E-state index is 0.192. The Bertz CT molecular complexity index is 834. The van der Waals surface area contributed by atoms with Crippen LogP contribution in [0, 0.1) is 0 Å². The SMILES string of the molecule is Nc1c(Cl)cc(C(=O)c2cncc3ccccc23)cc1Cl. The van der Waals surface area contributed by atoms with Gasteiger partial charge in [0.1, 0.15) is 0 Å². The Hall–Kier alpha value is -2.10. The minimum atomic E-state index is -0.192. The maximum absolute atomic E-state index is 12.7. The molecule has 1 heterocycles. The third-order valence-corrected chi connectivity index (χ3v) is 3.88. The molecule has 2 aromatic carbocycles. The van der Waals surface area contributed by atoms with Crippen molar-refractivity contribution in [1.29, 1.82) is 0 Å². The molecule has 0 aliphatic carbocycles. The first-order valence-corrected chi connectivity index (χ1v) is 6.95. The molecule has 0 spiro atoms. The van der Waals surface area contributed by atoms with Gasteiger partial charge in [0, 0.05) is 28.9 Å². The lowest BCUT2D eigenvalue weighted by Crippen LogP contribution is -2.04. The molecule has 0 saturated heterocycles. The predicted molar refractivity (Wildman–Crippen MR) is 86.0 cm³/mol. The van der Waals surface area contributed by atoms with Gasteiger partial charge < -0.3 is 5.73 Å². The molecule has 5 heteroatoms. The highest BCUT2D eigenvalue weighted by molar-refractivity contribution is 6.39. The van der Waals surface area contributed by atoms with Gasteiger partial charge in [-0.3, -0.25) is 9.78 Å². The Morgan fingerprint density at radius 2 is 1.71 bits per heavy atom. The number of carbonyl (C=O) groups is 1. The first-order chi connectivity index (χ1) is 10.1. The van der Waals surface area contributed by atoms with Gasteiger partial charge in [-0.05, 0) is 17.5 Å². The molecule has 0 aliphatic heterocycles. The number of hydrogen-bond donors (Lipinski definition) is 1. The van der Waals surface area contributed by atoms with Gasteiger partial charge in [0.15, 0.2) is 5.78 Å². The largest absolute Gasteiger partial charge is 0.396 e. The number of carbonyl (C=O) groups excluding carboxylic acids is 1. The molecule has 0 amide bonds. The zero-order valence-corrected chi connectivity index (χ0v) is 12.3. The number of nitrogens with two attached hydrogens (primary N) is 1. The highest BCUT2D eigenvalue weighted by Gasteiger charge is 2.15. The Balaban J connectivity index is 2.17. The molecule has 0 atom stereocenters. The average molecular weight is 317 g/mol. The molecular formula is C16H10Cl2N2O. The highest BCUT2D eigenvalue weighted by atomic mass is 35.5. The standard InChI is InChI=1S/C16H10Cl2N2O/c17-13-5-10(6-14(18)15(13)19)16(21)12-8-20-7-9-3-1-2-4-11(9)12/h1-8H,19H2. The number of pyridine rings is 1. The van der Waals surface area contributed by atoms with Crippen molar-refractivity contribution in [3.8, 4) is 0 Å². The molecule has 3 nitrogen and oxygen atoms in total. The van der Waals surface area contributed by atoms with E-state index >= 15 is 0 Å². The maximum Gasteiger partial charge on any atom is 0.195 e. The Morgan fingerprint density at radius 3 is 2.43 bits per heavy atom. The topological polar surface area (TPSA) is 56.0 Å². The van der Waals surface area contributed by atoms with Crippen LogP contribution in [-0.4, -0.2) is 10.8 Å². The summed E-state index contributed by atoms with van der Waals surface area (Å²) in [5.74, 6) is -0.192. The van der Waals surface area contributed by atoms with Gasteiger partial charge >= 0.3 is 0 Å². The Labute approximate surface area is 131 Å². The molecule has 2 N–H and O–H groups in total. The molecule has 1 aromatic heterocycles. The zero-order chi connectivity index (χ0) is 15.0. The predicted octanol–water partition coefficient (Wildman–Crippen LogP) is 4.35. The zero-order valence-electron chi connectivity index (χ0n) is 10.8. The molecule has 0 radical (unpaired) electrons. The summed E-state index contributed by atoms with van der Waals surface area (Å²) in [5.41, 5.74) is 6.85. The van der Waals surface area contributed by atoms with Crippen LogP contribution in [0.3, 0.4) is 0 Å². The lowest BCUT2D eigenvalue weighted by atomic mass is 9.99. The fourth-order valence-electron chi connectivity index (χ4n) is 2.17. The van der Waals surface area contributed by atoms with E-state index < -0.39 is 0 Å². The van der Waals surface area contributed by atoms with E-state index in [1.807, 2.05) is 24.3 Å². The van der Waals surface area contributed by atoms with Crippen molar-refractivity contribution in [2.75, 3.05) is 5.73 Å². The molecule has 0 saturated carbocycles. The summed E-state index contributed by atoms with van der Waals surface area (Å²) in [4.78, 5) is 16.8. The van der Waals surface area contributed by atoms with E-state index in [2.05, 4.69) is 4.98 Å². The molecule has 0 unspecified atom stereocenters. The van der Waals surface area contributed by atoms with Crippen molar-refractivity contribution in [2.45, 2.75) is 0 Å². The maximum atomic E-state index is 12.7. The summed E-state index contributed by atoms with van der Waals surface area (Å²) >= 11 is 12.0. The summed E-state index contributed by atoms with van der Waals surface area (Å²) in [6.45, 7) is 0. The van der Waals surface area contributed by atoms with Crippen molar-refractivity contribution in [2.24, 2.45) is 0 Å². The summed E-state index contributed by atoms with van der Waals surface area (Å²) in [6.07, 6.45) is 3.26. The van der Waals surface area contributed by atoms with Crippen LogP contribution < -0.4 is 5.73 Å². The molecule has 0 fully saturated rings. The van der Waals surface area contributed by atoms with Crippen LogP contribution in [0.2, 0.25) is 10.0 Å². The Morgan fingerprint density at radius 1 is 1.05 bits per heavy atom. The van der Waals surface area contributed by atoms with Crippen LogP contribution in [0.25, 0.3) is 10.8 Å². The van der Waals surface area contributed by atoms with Crippen molar-refractivity contribution >= 4 is 45.4 Å². The monoisotopic (exact) mass is 316 g/mol. The number of fused-ring (bicyclic) bond motifs is 1. The number of benzene rings is 2. The summed E-state index contributed by atoms with van der Waals surface area (Å²) in [6, 6.07) is 10.6. The Kier molecular flexibility index (Phi) is 3.53. The number of hydrogen-bond acceptors (Lipinski definition) is 3. The second-order valence-corrected chi connectivity index (χ2v) is 5.41. The van der Waals surface area contributed by atoms with Crippen LogP contribution in [0.4, 0.5) is 5.69 Å². The second kappa shape index (κ2) is 5.35. The van der Waals surface area contributed by atoms with Crippen molar-refractivity contribution in [3.63, 3.8) is 0 Å². The number of nitrogen functional groups attached to an aromatic ring is 1. The number of nitrogens with zero attached hydrogens (tertiary/aromatic N) is 1. The third kappa shape index (κ3) is 2.46. The third-order valence-electron chi connectivity index (χ3n) is 3.25. The van der Waals surface area contributed by atoms with Crippen molar-refractivity contribution in [3.05, 3.63) is 70.0 Å². The fourth-order valence-corrected chi connectivity index (χ4v) is 2.66. The van der Waals surface area contributed by atoms with Gasteiger partial charge in [0.05, 0.1) is 15.7 Å². The van der Waals surface area contributed by atoms with Crippen molar-refractivity contribution in [1.82, 2.24) is 4.98 Å². The van der Waals surface area contributed by atoms with Crippen LogP contribution in [0.15, 0.2) is 48.8 Å². The van der Waals surface area contributed by atoms with E-state index in [0.29, 0.717) is 11.1 Å². The lowest BCUT2D eigenvalue weighted by molar-refractivity contribution is 0.104. The molecule has 3 aromatic rings. The molecule has 104 valence electrons. The van der Waals surface area contributed by atoms with Crippen LogP contribution in [-0.2, 0) is 0 Å². The van der Waals surface area contributed by atoms with Crippen LogP contribution in [0.1, 0.15) is 15.9 Å². The summed E-state index contributed by atoms with van der Waals surface area (Å²) in [5, 5.41) is 2.26. The summed E-state index contributed by atoms with van der Waals surface area (Å²) in [7, 11) is 0. The number of aromatic nitrogens is 1. The van der Waals surface area contributed by atoms with Crippen molar-refractivity contribution < 1.29 is 4.79 Å². The number of rotatable bonds is 2. The summed E-state index contributed by atoms with van der Waals surface area (Å²) < 4.78 is 0. The smallest absolute Gasteiger partial charge is 0.195 e. The van der Waals surface area contributed by atoms with E-state index in [1.54, 1.807) is 12.4 Å². The number of anilines is 1. The van der Waals surface area contributed by atoms with E-state index in [1.165, 1.54) is 12.1 Å². The molecular weight excluding hydrogens is 307 g/mol. The minimum Gasteiger partial charge on any atom is -0.396 e. The number of ketones is 1. The van der Waals surface area contributed by atoms with E-state index in [0.717, 1.165) is 10.8 Å². The first kappa shape index (κ1) is 13.9. The van der Waals surface area contributed by atoms with Gasteiger partial charge in [-0.1, -0.05) is 47.5 Å². The second-order valence-electron chi connectivity index (χ2n) is 4.59. The van der Waals surface area contributed by atoms with Gasteiger partial charge in [-0.15, -0.1) is 0 Å². The van der Waals surface area contributed by atoms with Crippen LogP contribution in [0.5, 0.6) is 0 Å². The first-order valence-electron chi connectivity index (χ1n) is 6.20. The molecule has 3 rings (SSSR count).